The zero-order valence-electron chi connectivity index (χ0n) is 10.7. The Balaban J connectivity index is 1.71. The third-order valence-corrected chi connectivity index (χ3v) is 3.25. The van der Waals surface area contributed by atoms with Crippen LogP contribution in [0.25, 0.3) is 0 Å². The van der Waals surface area contributed by atoms with E-state index in [1.54, 1.807) is 6.92 Å². The molecular formula is C12H20N4O2. The van der Waals surface area contributed by atoms with Gasteiger partial charge >= 0.3 is 0 Å². The number of rotatable bonds is 5. The zero-order valence-corrected chi connectivity index (χ0v) is 10.7. The van der Waals surface area contributed by atoms with Gasteiger partial charge in [0.25, 0.3) is 5.91 Å². The fourth-order valence-corrected chi connectivity index (χ4v) is 2.27. The van der Waals surface area contributed by atoms with Gasteiger partial charge in [0.1, 0.15) is 5.56 Å². The van der Waals surface area contributed by atoms with E-state index in [1.165, 1.54) is 12.8 Å². The van der Waals surface area contributed by atoms with E-state index in [4.69, 9.17) is 10.5 Å². The third-order valence-electron chi connectivity index (χ3n) is 3.25. The van der Waals surface area contributed by atoms with Crippen LogP contribution in [0.3, 0.4) is 0 Å². The fraction of sp³-hybridized carbons (Fsp3) is 0.667. The first kappa shape index (κ1) is 12.9. The molecule has 0 saturated heterocycles. The summed E-state index contributed by atoms with van der Waals surface area (Å²) >= 11 is 0. The summed E-state index contributed by atoms with van der Waals surface area (Å²) in [6.07, 6.45) is 5.16. The summed E-state index contributed by atoms with van der Waals surface area (Å²) in [5.41, 5.74) is 6.72. The van der Waals surface area contributed by atoms with Gasteiger partial charge in [0.15, 0.2) is 5.82 Å². The number of carbonyl (C=O) groups excluding carboxylic acids is 1. The number of aryl methyl sites for hydroxylation is 1. The molecule has 4 N–H and O–H groups in total. The molecule has 2 rings (SSSR count). The molecule has 0 atom stereocenters. The number of nitrogens with zero attached hydrogens (tertiary/aromatic N) is 1. The second kappa shape index (κ2) is 5.86. The second-order valence-corrected chi connectivity index (χ2v) is 4.64. The lowest BCUT2D eigenvalue weighted by Crippen LogP contribution is -2.29. The maximum absolute atomic E-state index is 11.8. The molecule has 6 heteroatoms. The highest BCUT2D eigenvalue weighted by Crippen LogP contribution is 2.20. The van der Waals surface area contributed by atoms with E-state index in [-0.39, 0.29) is 11.7 Å². The summed E-state index contributed by atoms with van der Waals surface area (Å²) in [5, 5.41) is 9.26. The summed E-state index contributed by atoms with van der Waals surface area (Å²) in [7, 11) is 0. The first-order valence-corrected chi connectivity index (χ1v) is 6.38. The monoisotopic (exact) mass is 252 g/mol. The molecule has 1 aromatic rings. The minimum absolute atomic E-state index is 0.200. The molecule has 0 bridgehead atoms. The lowest BCUT2D eigenvalue weighted by molar-refractivity contribution is 0.0582. The van der Waals surface area contributed by atoms with Crippen molar-refractivity contribution < 1.29 is 9.53 Å². The number of aromatic amines is 1. The van der Waals surface area contributed by atoms with Gasteiger partial charge in [-0.25, -0.2) is 0 Å². The molecule has 0 radical (unpaired) electrons. The van der Waals surface area contributed by atoms with Gasteiger partial charge in [-0.15, -0.1) is 0 Å². The Morgan fingerprint density at radius 1 is 1.56 bits per heavy atom. The number of aromatic nitrogens is 2. The summed E-state index contributed by atoms with van der Waals surface area (Å²) in [5.74, 6) is 0.0375. The number of carbonyl (C=O) groups is 1. The van der Waals surface area contributed by atoms with Crippen LogP contribution in [0, 0.1) is 6.92 Å². The molecule has 1 aliphatic carbocycles. The highest BCUT2D eigenvalue weighted by Gasteiger charge is 2.17. The van der Waals surface area contributed by atoms with Gasteiger partial charge in [-0.2, -0.15) is 5.10 Å². The normalized spacial score (nSPS) is 16.1. The van der Waals surface area contributed by atoms with Crippen molar-refractivity contribution in [2.75, 3.05) is 18.9 Å². The third kappa shape index (κ3) is 3.01. The van der Waals surface area contributed by atoms with Crippen molar-refractivity contribution in [3.05, 3.63) is 11.3 Å². The van der Waals surface area contributed by atoms with E-state index < -0.39 is 0 Å². The van der Waals surface area contributed by atoms with E-state index in [2.05, 4.69) is 15.5 Å². The predicted molar refractivity (Wildman–Crippen MR) is 68.3 cm³/mol. The van der Waals surface area contributed by atoms with Crippen molar-refractivity contribution in [2.24, 2.45) is 0 Å². The summed E-state index contributed by atoms with van der Waals surface area (Å²) in [6.45, 7) is 2.82. The molecule has 0 spiro atoms. The minimum atomic E-state index is -0.200. The number of hydrogen-bond donors (Lipinski definition) is 3. The van der Waals surface area contributed by atoms with Gasteiger partial charge < -0.3 is 15.8 Å². The van der Waals surface area contributed by atoms with E-state index in [9.17, 15) is 4.79 Å². The highest BCUT2D eigenvalue weighted by molar-refractivity contribution is 5.99. The fourth-order valence-electron chi connectivity index (χ4n) is 2.27. The van der Waals surface area contributed by atoms with Crippen LogP contribution in [0.5, 0.6) is 0 Å². The molecule has 18 heavy (non-hydrogen) atoms. The number of amides is 1. The predicted octanol–water partition coefficient (Wildman–Crippen LogP) is 0.989. The lowest BCUT2D eigenvalue weighted by atomic mass is 10.2. The van der Waals surface area contributed by atoms with Crippen LogP contribution in [-0.2, 0) is 4.74 Å². The van der Waals surface area contributed by atoms with Crippen LogP contribution in [0.4, 0.5) is 5.82 Å². The molecule has 1 saturated carbocycles. The van der Waals surface area contributed by atoms with Crippen molar-refractivity contribution in [3.63, 3.8) is 0 Å². The summed E-state index contributed by atoms with van der Waals surface area (Å²) < 4.78 is 5.66. The van der Waals surface area contributed by atoms with E-state index in [0.29, 0.717) is 30.5 Å². The maximum Gasteiger partial charge on any atom is 0.257 e. The molecule has 100 valence electrons. The van der Waals surface area contributed by atoms with E-state index in [0.717, 1.165) is 12.8 Å². The SMILES string of the molecule is Cc1[nH]nc(N)c1C(=O)NCCOC1CCCC1. The van der Waals surface area contributed by atoms with Gasteiger partial charge in [0, 0.05) is 12.2 Å². The Morgan fingerprint density at radius 2 is 2.28 bits per heavy atom. The number of hydrogen-bond acceptors (Lipinski definition) is 4. The smallest absolute Gasteiger partial charge is 0.257 e. The van der Waals surface area contributed by atoms with Gasteiger partial charge in [-0.05, 0) is 19.8 Å². The quantitative estimate of drug-likeness (QED) is 0.681. The van der Waals surface area contributed by atoms with E-state index in [1.807, 2.05) is 0 Å². The molecular weight excluding hydrogens is 232 g/mol. The van der Waals surface area contributed by atoms with Gasteiger partial charge in [0.2, 0.25) is 0 Å². The minimum Gasteiger partial charge on any atom is -0.382 e. The average Bonchev–Trinajstić information content (AvgIpc) is 2.95. The Morgan fingerprint density at radius 3 is 2.89 bits per heavy atom. The topological polar surface area (TPSA) is 93.0 Å². The number of ether oxygens (including phenoxy) is 1. The van der Waals surface area contributed by atoms with Crippen molar-refractivity contribution in [2.45, 2.75) is 38.7 Å². The standard InChI is InChI=1S/C12H20N4O2/c1-8-10(11(13)16-15-8)12(17)14-6-7-18-9-4-2-3-5-9/h9H,2-7H2,1H3,(H,14,17)(H3,13,15,16). The molecule has 1 fully saturated rings. The molecule has 0 unspecified atom stereocenters. The van der Waals surface area contributed by atoms with Crippen molar-refractivity contribution >= 4 is 11.7 Å². The Bertz CT molecular complexity index is 391. The van der Waals surface area contributed by atoms with Crippen molar-refractivity contribution in [1.29, 1.82) is 0 Å². The largest absolute Gasteiger partial charge is 0.382 e. The van der Waals surface area contributed by atoms with Crippen LogP contribution in [0.15, 0.2) is 0 Å². The van der Waals surface area contributed by atoms with E-state index >= 15 is 0 Å². The number of nitrogens with one attached hydrogen (secondary N) is 2. The first-order valence-electron chi connectivity index (χ1n) is 6.38. The summed E-state index contributed by atoms with van der Waals surface area (Å²) in [4.78, 5) is 11.8. The second-order valence-electron chi connectivity index (χ2n) is 4.64. The van der Waals surface area contributed by atoms with Crippen molar-refractivity contribution in [1.82, 2.24) is 15.5 Å². The molecule has 1 amide bonds. The molecule has 0 aromatic carbocycles. The van der Waals surface area contributed by atoms with Crippen LogP contribution >= 0.6 is 0 Å². The van der Waals surface area contributed by atoms with Crippen molar-refractivity contribution in [3.8, 4) is 0 Å². The molecule has 0 aliphatic heterocycles. The Labute approximate surface area is 106 Å². The van der Waals surface area contributed by atoms with Crippen LogP contribution < -0.4 is 11.1 Å². The zero-order chi connectivity index (χ0) is 13.0. The molecule has 6 nitrogen and oxygen atoms in total. The number of nitrogen functional groups attached to an aromatic ring is 1. The number of H-pyrrole nitrogens is 1. The highest BCUT2D eigenvalue weighted by atomic mass is 16.5. The van der Waals surface area contributed by atoms with Gasteiger partial charge in [0.05, 0.1) is 12.7 Å². The average molecular weight is 252 g/mol. The first-order chi connectivity index (χ1) is 8.68. The maximum atomic E-state index is 11.8. The number of anilines is 1. The van der Waals surface area contributed by atoms with Crippen LogP contribution in [0.1, 0.15) is 41.7 Å². The van der Waals surface area contributed by atoms with Gasteiger partial charge in [-0.1, -0.05) is 12.8 Å². The van der Waals surface area contributed by atoms with Crippen LogP contribution in [0.2, 0.25) is 0 Å². The molecule has 1 heterocycles. The van der Waals surface area contributed by atoms with Gasteiger partial charge in [-0.3, -0.25) is 9.89 Å². The summed E-state index contributed by atoms with van der Waals surface area (Å²) in [6, 6.07) is 0. The molecule has 1 aliphatic rings. The van der Waals surface area contributed by atoms with Crippen LogP contribution in [-0.4, -0.2) is 35.4 Å². The number of nitrogens with two attached hydrogens (primary N) is 1. The Hall–Kier alpha value is -1.56. The molecule has 1 aromatic heterocycles. The Kier molecular flexibility index (Phi) is 4.19. The lowest BCUT2D eigenvalue weighted by Gasteiger charge is -2.11.